The lowest BCUT2D eigenvalue weighted by atomic mass is 10.1. The van der Waals surface area contributed by atoms with Crippen LogP contribution in [0.25, 0.3) is 0 Å². The van der Waals surface area contributed by atoms with Crippen LogP contribution < -0.4 is 4.90 Å². The average molecular weight is 311 g/mol. The molecule has 1 saturated heterocycles. The number of nitrogens with zero attached hydrogens (tertiary/aromatic N) is 1. The molecule has 0 spiro atoms. The van der Waals surface area contributed by atoms with E-state index in [1.165, 1.54) is 24.0 Å². The highest BCUT2D eigenvalue weighted by Crippen LogP contribution is 2.30. The van der Waals surface area contributed by atoms with E-state index in [-0.39, 0.29) is 29.0 Å². The van der Waals surface area contributed by atoms with E-state index in [4.69, 9.17) is 5.11 Å². The molecule has 1 atom stereocenters. The number of hydrogen-bond acceptors (Lipinski definition) is 4. The Balaban J connectivity index is 2.19. The molecule has 1 aliphatic rings. The van der Waals surface area contributed by atoms with Crippen molar-refractivity contribution in [3.05, 3.63) is 29.6 Å². The number of hydrogen-bond donors (Lipinski definition) is 1. The number of carboxylic acids is 1. The van der Waals surface area contributed by atoms with E-state index >= 15 is 0 Å². The Morgan fingerprint density at radius 2 is 2.19 bits per heavy atom. The minimum atomic E-state index is -1.37. The molecule has 1 amide bonds. The molecule has 1 aromatic rings. The third kappa shape index (κ3) is 3.41. The van der Waals surface area contributed by atoms with Gasteiger partial charge in [-0.2, -0.15) is 0 Å². The molecule has 1 unspecified atom stereocenters. The smallest absolute Gasteiger partial charge is 0.338 e. The molecule has 1 heterocycles. The van der Waals surface area contributed by atoms with E-state index in [1.807, 2.05) is 0 Å². The fourth-order valence-corrected chi connectivity index (χ4v) is 2.95. The summed E-state index contributed by atoms with van der Waals surface area (Å²) in [4.78, 5) is 35.1. The number of thioether (sulfide) groups is 1. The zero-order valence-electron chi connectivity index (χ0n) is 11.3. The van der Waals surface area contributed by atoms with Gasteiger partial charge in [0, 0.05) is 25.6 Å². The van der Waals surface area contributed by atoms with Gasteiger partial charge in [0.25, 0.3) is 0 Å². The van der Waals surface area contributed by atoms with Crippen LogP contribution in [0, 0.1) is 11.7 Å². The predicted molar refractivity (Wildman–Crippen MR) is 77.0 cm³/mol. The molecule has 0 aliphatic carbocycles. The van der Waals surface area contributed by atoms with E-state index < -0.39 is 17.3 Å². The maximum Gasteiger partial charge on any atom is 0.338 e. The monoisotopic (exact) mass is 311 g/mol. The first kappa shape index (κ1) is 15.5. The summed E-state index contributed by atoms with van der Waals surface area (Å²) in [5.74, 6) is -2.08. The number of amides is 1. The van der Waals surface area contributed by atoms with Gasteiger partial charge in [-0.05, 0) is 18.1 Å². The fourth-order valence-electron chi connectivity index (χ4n) is 2.25. The van der Waals surface area contributed by atoms with Crippen molar-refractivity contribution in [1.29, 1.82) is 0 Å². The molecule has 112 valence electrons. The molecule has 21 heavy (non-hydrogen) atoms. The first-order valence-electron chi connectivity index (χ1n) is 6.35. The second-order valence-electron chi connectivity index (χ2n) is 4.82. The summed E-state index contributed by atoms with van der Waals surface area (Å²) in [6.07, 6.45) is 0.233. The van der Waals surface area contributed by atoms with Crippen LogP contribution in [0.1, 0.15) is 23.7 Å². The number of benzene rings is 1. The summed E-state index contributed by atoms with van der Waals surface area (Å²) < 4.78 is 14.2. The topological polar surface area (TPSA) is 74.7 Å². The van der Waals surface area contributed by atoms with Crippen molar-refractivity contribution >= 4 is 34.4 Å². The van der Waals surface area contributed by atoms with Gasteiger partial charge in [-0.15, -0.1) is 0 Å². The predicted octanol–water partition coefficient (Wildman–Crippen LogP) is 2.16. The number of aromatic carboxylic acids is 1. The van der Waals surface area contributed by atoms with Gasteiger partial charge < -0.3 is 10.0 Å². The summed E-state index contributed by atoms with van der Waals surface area (Å²) in [6, 6.07) is 3.96. The van der Waals surface area contributed by atoms with Crippen molar-refractivity contribution < 1.29 is 23.9 Å². The first-order valence-corrected chi connectivity index (χ1v) is 7.34. The third-order valence-corrected chi connectivity index (χ3v) is 4.27. The molecule has 0 radical (unpaired) electrons. The van der Waals surface area contributed by atoms with Gasteiger partial charge in [0.15, 0.2) is 10.9 Å². The van der Waals surface area contributed by atoms with E-state index in [9.17, 15) is 18.8 Å². The van der Waals surface area contributed by atoms with E-state index in [0.717, 1.165) is 17.8 Å². The van der Waals surface area contributed by atoms with Gasteiger partial charge in [-0.1, -0.05) is 17.8 Å². The normalized spacial score (nSPS) is 18.1. The Hall–Kier alpha value is -1.89. The van der Waals surface area contributed by atoms with Crippen LogP contribution in [0.5, 0.6) is 0 Å². The first-order chi connectivity index (χ1) is 9.90. The molecule has 1 aromatic carbocycles. The second-order valence-corrected chi connectivity index (χ2v) is 6.02. The third-order valence-electron chi connectivity index (χ3n) is 3.23. The largest absolute Gasteiger partial charge is 0.478 e. The number of carboxylic acid groups (broad SMARTS) is 1. The molecule has 5 nitrogen and oxygen atoms in total. The molecule has 0 aromatic heterocycles. The van der Waals surface area contributed by atoms with Gasteiger partial charge >= 0.3 is 5.97 Å². The van der Waals surface area contributed by atoms with Crippen molar-refractivity contribution in [3.63, 3.8) is 0 Å². The highest BCUT2D eigenvalue weighted by atomic mass is 32.2. The standard InChI is InChI=1S/C14H14FNO4S/c1-8(17)21-7-9-5-12(18)16(6-9)11-4-2-3-10(13(11)15)14(19)20/h2-4,9H,5-7H2,1H3,(H,19,20). The van der Waals surface area contributed by atoms with E-state index in [0.29, 0.717) is 12.3 Å². The lowest BCUT2D eigenvalue weighted by molar-refractivity contribution is -0.117. The highest BCUT2D eigenvalue weighted by molar-refractivity contribution is 8.13. The Morgan fingerprint density at radius 3 is 2.81 bits per heavy atom. The summed E-state index contributed by atoms with van der Waals surface area (Å²) in [7, 11) is 0. The van der Waals surface area contributed by atoms with Crippen LogP contribution in [0.15, 0.2) is 18.2 Å². The lowest BCUT2D eigenvalue weighted by Crippen LogP contribution is -2.26. The van der Waals surface area contributed by atoms with Crippen LogP contribution in [0.3, 0.4) is 0 Å². The minimum Gasteiger partial charge on any atom is -0.478 e. The van der Waals surface area contributed by atoms with Gasteiger partial charge in [0.1, 0.15) is 0 Å². The van der Waals surface area contributed by atoms with Crippen molar-refractivity contribution in [3.8, 4) is 0 Å². The molecule has 1 fully saturated rings. The highest BCUT2D eigenvalue weighted by Gasteiger charge is 2.33. The summed E-state index contributed by atoms with van der Waals surface area (Å²) in [5, 5.41) is 8.88. The zero-order valence-corrected chi connectivity index (χ0v) is 12.2. The maximum atomic E-state index is 14.2. The van der Waals surface area contributed by atoms with Crippen molar-refractivity contribution in [2.45, 2.75) is 13.3 Å². The Bertz CT molecular complexity index is 605. The van der Waals surface area contributed by atoms with Crippen molar-refractivity contribution in [1.82, 2.24) is 0 Å². The molecule has 2 rings (SSSR count). The van der Waals surface area contributed by atoms with Crippen LogP contribution in [-0.4, -0.2) is 34.4 Å². The molecule has 7 heteroatoms. The van der Waals surface area contributed by atoms with Crippen LogP contribution in [0.4, 0.5) is 10.1 Å². The molecule has 0 bridgehead atoms. The Labute approximate surface area is 125 Å². The van der Waals surface area contributed by atoms with Crippen LogP contribution >= 0.6 is 11.8 Å². The van der Waals surface area contributed by atoms with Gasteiger partial charge in [0.2, 0.25) is 5.91 Å². The number of carbonyl (C=O) groups excluding carboxylic acids is 2. The molecule has 1 N–H and O–H groups in total. The second kappa shape index (κ2) is 6.26. The van der Waals surface area contributed by atoms with E-state index in [1.54, 1.807) is 0 Å². The van der Waals surface area contributed by atoms with Crippen molar-refractivity contribution in [2.75, 3.05) is 17.2 Å². The summed E-state index contributed by atoms with van der Waals surface area (Å²) in [6.45, 7) is 1.74. The minimum absolute atomic E-state index is 0.0183. The van der Waals surface area contributed by atoms with Gasteiger partial charge in [0.05, 0.1) is 11.3 Å². The van der Waals surface area contributed by atoms with E-state index in [2.05, 4.69) is 0 Å². The summed E-state index contributed by atoms with van der Waals surface area (Å²) >= 11 is 1.13. The molecule has 0 saturated carbocycles. The zero-order chi connectivity index (χ0) is 15.6. The molecule has 1 aliphatic heterocycles. The van der Waals surface area contributed by atoms with Gasteiger partial charge in [-0.3, -0.25) is 9.59 Å². The van der Waals surface area contributed by atoms with Crippen LogP contribution in [-0.2, 0) is 9.59 Å². The quantitative estimate of drug-likeness (QED) is 0.922. The fraction of sp³-hybridized carbons (Fsp3) is 0.357. The number of halogens is 1. The van der Waals surface area contributed by atoms with Gasteiger partial charge in [-0.25, -0.2) is 9.18 Å². The number of anilines is 1. The average Bonchev–Trinajstić information content (AvgIpc) is 2.77. The summed E-state index contributed by atoms with van der Waals surface area (Å²) in [5.41, 5.74) is -0.475. The SMILES string of the molecule is CC(=O)SCC1CC(=O)N(c2cccc(C(=O)O)c2F)C1. The van der Waals surface area contributed by atoms with Crippen molar-refractivity contribution in [2.24, 2.45) is 5.92 Å². The molecular weight excluding hydrogens is 297 g/mol. The van der Waals surface area contributed by atoms with Crippen LogP contribution in [0.2, 0.25) is 0 Å². The Morgan fingerprint density at radius 1 is 1.48 bits per heavy atom. The lowest BCUT2D eigenvalue weighted by Gasteiger charge is -2.18. The maximum absolute atomic E-state index is 14.2. The number of rotatable bonds is 4. The number of carbonyl (C=O) groups is 3. The molecular formula is C14H14FNO4S. The Kier molecular flexibility index (Phi) is 4.62.